The van der Waals surface area contributed by atoms with Crippen LogP contribution in [0, 0.1) is 23.7 Å². The van der Waals surface area contributed by atoms with Gasteiger partial charge in [0.25, 0.3) is 5.91 Å². The third-order valence-corrected chi connectivity index (χ3v) is 16.0. The number of anilines is 2. The van der Waals surface area contributed by atoms with Gasteiger partial charge in [-0.05, 0) is 94.2 Å². The van der Waals surface area contributed by atoms with Gasteiger partial charge in [0.2, 0.25) is 22.9 Å². The number of alkyl halides is 1. The number of ether oxygens (including phenoxy) is 1. The highest BCUT2D eigenvalue weighted by molar-refractivity contribution is 7.18. The number of nitriles is 1. The molecule has 1 aromatic carbocycles. The standard InChI is InChI=1S/C54H64FN13O6S2/c1-32(2)61-40-25-41(42-14-13-37-22-34(26-56)27-60-68(37)42)57-29-39(40)49-63-64-52(76-49)66-19-17-65(18-20-66)45(70)10-8-7-9-21-74-44-23-35(46-33(3)59-31-75-46)11-12-36(44)28-58-48(71)43-24-38(69)30-67(43)50(72)47(53(4,5)6)62-51(73)54(55)15-16-54/h11-14,22-23,25,27,29,31-32,38,43,47,69H,7-10,15-21,24,28,30H2,1-6H3,(H,57,61)(H,58,71)(H,62,73)/t38-,43+,47-/m1/s1. The quantitative estimate of drug-likeness (QED) is 0.0602. The number of fused-ring (bicyclic) bond motifs is 1. The Balaban J connectivity index is 0.759. The lowest BCUT2D eigenvalue weighted by Crippen LogP contribution is -2.59. The number of likely N-dealkylation sites (tertiary alicyclic amines) is 1. The number of hydrogen-bond acceptors (Lipinski definition) is 16. The first kappa shape index (κ1) is 53.7. The number of aromatic nitrogens is 6. The second kappa shape index (κ2) is 22.6. The van der Waals surface area contributed by atoms with Crippen molar-refractivity contribution in [2.24, 2.45) is 5.41 Å². The van der Waals surface area contributed by atoms with Crippen molar-refractivity contribution in [3.63, 3.8) is 0 Å². The van der Waals surface area contributed by atoms with E-state index >= 15 is 0 Å². The first-order valence-electron chi connectivity index (χ1n) is 25.8. The Morgan fingerprint density at radius 3 is 2.50 bits per heavy atom. The zero-order valence-corrected chi connectivity index (χ0v) is 45.3. The summed E-state index contributed by atoms with van der Waals surface area (Å²) < 4.78 is 22.8. The molecule has 3 fully saturated rings. The minimum absolute atomic E-state index is 0.0144. The van der Waals surface area contributed by atoms with Gasteiger partial charge in [-0.2, -0.15) is 10.4 Å². The molecule has 22 heteroatoms. The summed E-state index contributed by atoms with van der Waals surface area (Å²) in [5.41, 5.74) is 6.03. The summed E-state index contributed by atoms with van der Waals surface area (Å²) >= 11 is 3.01. The maximum Gasteiger partial charge on any atom is 0.258 e. The average molecular weight is 1070 g/mol. The number of halogens is 1. The first-order chi connectivity index (χ1) is 36.4. The van der Waals surface area contributed by atoms with Gasteiger partial charge >= 0.3 is 0 Å². The van der Waals surface area contributed by atoms with E-state index in [1.165, 1.54) is 33.8 Å². The molecule has 0 bridgehead atoms. The molecule has 6 aromatic rings. The zero-order chi connectivity index (χ0) is 53.9. The van der Waals surface area contributed by atoms with Crippen molar-refractivity contribution in [2.45, 2.75) is 123 Å². The molecule has 1 saturated carbocycles. The topological polar surface area (TPSA) is 236 Å². The molecule has 5 aromatic heterocycles. The number of amides is 4. The lowest BCUT2D eigenvalue weighted by atomic mass is 9.85. The average Bonchev–Trinajstić information content (AvgIpc) is 3.90. The molecular formula is C54H64FN13O6S2. The molecule has 0 spiro atoms. The van der Waals surface area contributed by atoms with Crippen LogP contribution >= 0.6 is 22.7 Å². The second-order valence-corrected chi connectivity index (χ2v) is 23.0. The molecule has 9 rings (SSSR count). The van der Waals surface area contributed by atoms with Crippen molar-refractivity contribution in [1.29, 1.82) is 5.26 Å². The number of rotatable bonds is 19. The van der Waals surface area contributed by atoms with E-state index in [4.69, 9.17) is 9.72 Å². The van der Waals surface area contributed by atoms with E-state index in [1.807, 2.05) is 48.2 Å². The number of hydrogen-bond donors (Lipinski definition) is 4. The van der Waals surface area contributed by atoms with E-state index in [9.17, 15) is 33.9 Å². The Morgan fingerprint density at radius 2 is 1.79 bits per heavy atom. The van der Waals surface area contributed by atoms with E-state index in [0.29, 0.717) is 68.9 Å². The van der Waals surface area contributed by atoms with Crippen LogP contribution < -0.4 is 25.6 Å². The van der Waals surface area contributed by atoms with Crippen LogP contribution in [-0.2, 0) is 25.7 Å². The molecule has 0 unspecified atom stereocenters. The Hall–Kier alpha value is -7.09. The highest BCUT2D eigenvalue weighted by Gasteiger charge is 2.53. The number of benzene rings is 1. The number of aliphatic hydroxyl groups is 1. The number of nitrogens with zero attached hydrogens (tertiary/aromatic N) is 10. The van der Waals surface area contributed by atoms with Crippen LogP contribution in [0.1, 0.15) is 96.4 Å². The number of aliphatic hydroxyl groups excluding tert-OH is 1. The van der Waals surface area contributed by atoms with Crippen molar-refractivity contribution in [3.8, 4) is 44.2 Å². The van der Waals surface area contributed by atoms with Crippen LogP contribution in [-0.4, -0.2) is 138 Å². The van der Waals surface area contributed by atoms with Gasteiger partial charge in [-0.15, -0.1) is 21.5 Å². The number of pyridine rings is 1. The molecule has 4 N–H and O–H groups in total. The number of unbranched alkanes of at least 4 members (excludes halogenated alkanes) is 2. The van der Waals surface area contributed by atoms with Crippen LogP contribution in [0.4, 0.5) is 15.2 Å². The van der Waals surface area contributed by atoms with E-state index in [2.05, 4.69) is 61.0 Å². The maximum atomic E-state index is 14.7. The Bertz CT molecular complexity index is 3150. The molecule has 0 radical (unpaired) electrons. The van der Waals surface area contributed by atoms with Crippen LogP contribution in [0.5, 0.6) is 5.75 Å². The number of carbonyl (C=O) groups is 4. The van der Waals surface area contributed by atoms with Gasteiger partial charge < -0.3 is 40.5 Å². The number of aryl methyl sites for hydroxylation is 1. The first-order valence-corrected chi connectivity index (χ1v) is 27.5. The van der Waals surface area contributed by atoms with E-state index in [1.54, 1.807) is 43.1 Å². The SMILES string of the molecule is Cc1ncsc1-c1ccc(CNC(=O)[C@@H]2C[C@@H](O)CN2C(=O)[C@@H](NC(=O)C2(F)CC2)C(C)(C)C)c(OCCCCCC(=O)N2CCN(c3nnc(-c4cnc(-c5ccc6cc(C#N)cnn56)cc4NC(C)C)s3)CC2)c1. The summed E-state index contributed by atoms with van der Waals surface area (Å²) in [4.78, 5) is 69.5. The summed E-state index contributed by atoms with van der Waals surface area (Å²) in [6.45, 7) is 14.1. The van der Waals surface area contributed by atoms with Crippen LogP contribution in [0.15, 0.2) is 60.4 Å². The Labute approximate surface area is 448 Å². The summed E-state index contributed by atoms with van der Waals surface area (Å²) in [7, 11) is 0. The number of thiazole rings is 1. The van der Waals surface area contributed by atoms with Crippen molar-refractivity contribution < 1.29 is 33.4 Å². The van der Waals surface area contributed by atoms with Crippen LogP contribution in [0.25, 0.3) is 37.9 Å². The highest BCUT2D eigenvalue weighted by Crippen LogP contribution is 2.41. The largest absolute Gasteiger partial charge is 0.493 e. The molecule has 400 valence electrons. The number of β-amino-alcohol motifs (C(OH)–C–C–N with tert-alkyl or cyclic N) is 1. The van der Waals surface area contributed by atoms with Gasteiger partial charge in [0, 0.05) is 75.6 Å². The monoisotopic (exact) mass is 1070 g/mol. The minimum Gasteiger partial charge on any atom is -0.493 e. The summed E-state index contributed by atoms with van der Waals surface area (Å²) in [6.07, 6.45) is 5.18. The molecule has 3 atom stereocenters. The van der Waals surface area contributed by atoms with Gasteiger partial charge in [0.05, 0.1) is 63.0 Å². The number of piperazine rings is 1. The third-order valence-electron chi connectivity index (χ3n) is 14.0. The lowest BCUT2D eigenvalue weighted by molar-refractivity contribution is -0.145. The van der Waals surface area contributed by atoms with Crippen molar-refractivity contribution in [2.75, 3.05) is 49.5 Å². The molecule has 76 heavy (non-hydrogen) atoms. The summed E-state index contributed by atoms with van der Waals surface area (Å²) in [5, 5.41) is 44.2. The fraction of sp³-hybridized carbons (Fsp3) is 0.481. The van der Waals surface area contributed by atoms with Crippen LogP contribution in [0.2, 0.25) is 0 Å². The molecule has 4 amide bonds. The summed E-state index contributed by atoms with van der Waals surface area (Å²) in [5.74, 6) is -1.16. The Kier molecular flexibility index (Phi) is 16.0. The van der Waals surface area contributed by atoms with Crippen molar-refractivity contribution >= 4 is 62.6 Å². The van der Waals surface area contributed by atoms with Gasteiger partial charge in [-0.3, -0.25) is 24.2 Å². The van der Waals surface area contributed by atoms with E-state index in [-0.39, 0.29) is 44.3 Å². The fourth-order valence-corrected chi connectivity index (χ4v) is 11.2. The molecule has 2 saturated heterocycles. The minimum atomic E-state index is -1.98. The lowest BCUT2D eigenvalue weighted by Gasteiger charge is -2.35. The molecule has 3 aliphatic rings. The van der Waals surface area contributed by atoms with Crippen molar-refractivity contribution in [3.05, 3.63) is 77.2 Å². The predicted molar refractivity (Wildman–Crippen MR) is 288 cm³/mol. The predicted octanol–water partition coefficient (Wildman–Crippen LogP) is 6.94. The van der Waals surface area contributed by atoms with E-state index in [0.717, 1.165) is 60.8 Å². The normalized spacial score (nSPS) is 17.7. The number of nitrogens with one attached hydrogen (secondary N) is 3. The molecule has 7 heterocycles. The fourth-order valence-electron chi connectivity index (χ4n) is 9.52. The number of carbonyl (C=O) groups excluding carboxylic acids is 4. The second-order valence-electron chi connectivity index (χ2n) is 21.2. The highest BCUT2D eigenvalue weighted by atomic mass is 32.1. The van der Waals surface area contributed by atoms with Crippen molar-refractivity contribution in [1.82, 2.24) is 50.2 Å². The van der Waals surface area contributed by atoms with Crippen LogP contribution in [0.3, 0.4) is 0 Å². The summed E-state index contributed by atoms with van der Waals surface area (Å²) in [6, 6.07) is 13.6. The van der Waals surface area contributed by atoms with Gasteiger partial charge in [0.1, 0.15) is 23.9 Å². The maximum absolute atomic E-state index is 14.7. The smallest absolute Gasteiger partial charge is 0.258 e. The molecule has 2 aliphatic heterocycles. The third kappa shape index (κ3) is 12.1. The van der Waals surface area contributed by atoms with Gasteiger partial charge in [0.15, 0.2) is 10.7 Å². The zero-order valence-electron chi connectivity index (χ0n) is 43.6. The molecule has 19 nitrogen and oxygen atoms in total. The van der Waals surface area contributed by atoms with E-state index < -0.39 is 47.0 Å². The Morgan fingerprint density at radius 1 is 1.00 bits per heavy atom. The van der Waals surface area contributed by atoms with Gasteiger partial charge in [-0.1, -0.05) is 44.2 Å². The molecule has 1 aliphatic carbocycles. The molecular weight excluding hydrogens is 1010 g/mol. The van der Waals surface area contributed by atoms with Gasteiger partial charge in [-0.25, -0.2) is 13.9 Å².